The molecule has 0 aliphatic heterocycles. The lowest BCUT2D eigenvalue weighted by Crippen LogP contribution is -2.36. The van der Waals surface area contributed by atoms with Gasteiger partial charge in [0.2, 0.25) is 5.89 Å². The van der Waals surface area contributed by atoms with Crippen LogP contribution in [-0.4, -0.2) is 30.3 Å². The molecule has 0 aliphatic carbocycles. The van der Waals surface area contributed by atoms with Crippen molar-refractivity contribution >= 4 is 29.9 Å². The Bertz CT molecular complexity index is 994. The average molecular weight is 560 g/mol. The Morgan fingerprint density at radius 1 is 1.09 bits per heavy atom. The molecule has 0 atom stereocenters. The second kappa shape index (κ2) is 12.3. The van der Waals surface area contributed by atoms with Crippen LogP contribution in [0.15, 0.2) is 70.3 Å². The number of halogens is 4. The summed E-state index contributed by atoms with van der Waals surface area (Å²) in [5.41, 5.74) is 2.33. The topological polar surface area (TPSA) is 71.7 Å². The van der Waals surface area contributed by atoms with Crippen LogP contribution in [0.5, 0.6) is 5.75 Å². The van der Waals surface area contributed by atoms with E-state index >= 15 is 0 Å². The van der Waals surface area contributed by atoms with E-state index in [1.165, 1.54) is 6.07 Å². The van der Waals surface area contributed by atoms with Crippen LogP contribution in [0.3, 0.4) is 0 Å². The van der Waals surface area contributed by atoms with Crippen molar-refractivity contribution in [1.29, 1.82) is 0 Å². The summed E-state index contributed by atoms with van der Waals surface area (Å²) >= 11 is 0. The molecule has 3 rings (SSSR count). The lowest BCUT2D eigenvalue weighted by atomic mass is 10.2. The van der Waals surface area contributed by atoms with Gasteiger partial charge in [-0.1, -0.05) is 30.3 Å². The van der Waals surface area contributed by atoms with Crippen LogP contribution in [-0.2, 0) is 13.1 Å². The first-order valence-electron chi connectivity index (χ1n) is 9.73. The Labute approximate surface area is 201 Å². The smallest absolute Gasteiger partial charge is 0.422 e. The van der Waals surface area contributed by atoms with Gasteiger partial charge in [-0.05, 0) is 36.8 Å². The minimum atomic E-state index is -4.38. The Balaban J connectivity index is 0.00000363. The van der Waals surface area contributed by atoms with E-state index in [0.717, 1.165) is 11.1 Å². The van der Waals surface area contributed by atoms with Crippen LogP contribution in [0.25, 0.3) is 11.5 Å². The molecule has 0 amide bonds. The summed E-state index contributed by atoms with van der Waals surface area (Å²) in [5.74, 6) is 1.24. The Morgan fingerprint density at radius 2 is 1.88 bits per heavy atom. The van der Waals surface area contributed by atoms with Crippen molar-refractivity contribution in [3.63, 3.8) is 0 Å². The maximum Gasteiger partial charge on any atom is 0.422 e. The Hall–Kier alpha value is -2.76. The van der Waals surface area contributed by atoms with Gasteiger partial charge in [0.25, 0.3) is 0 Å². The van der Waals surface area contributed by atoms with E-state index in [-0.39, 0.29) is 36.3 Å². The van der Waals surface area contributed by atoms with Gasteiger partial charge in [0.05, 0.1) is 18.8 Å². The molecule has 0 aliphatic rings. The molecule has 2 aromatic carbocycles. The summed E-state index contributed by atoms with van der Waals surface area (Å²) in [6.07, 6.45) is -2.79. The predicted octanol–water partition coefficient (Wildman–Crippen LogP) is 5.16. The summed E-state index contributed by atoms with van der Waals surface area (Å²) in [6.45, 7) is 1.93. The molecule has 3 aromatic rings. The molecular weight excluding hydrogens is 536 g/mol. The molecule has 0 bridgehead atoms. The minimum absolute atomic E-state index is 0. The number of hydrogen-bond acceptors (Lipinski definition) is 4. The van der Waals surface area contributed by atoms with Crippen molar-refractivity contribution in [1.82, 2.24) is 15.6 Å². The van der Waals surface area contributed by atoms with Crippen molar-refractivity contribution in [2.45, 2.75) is 26.2 Å². The lowest BCUT2D eigenvalue weighted by Gasteiger charge is -2.11. The van der Waals surface area contributed by atoms with Crippen LogP contribution >= 0.6 is 24.0 Å². The SMILES string of the molecule is CCNC(=NCc1cccc(OCC(F)(F)F)c1)NCc1coc(-c2ccccc2)n1.I. The van der Waals surface area contributed by atoms with Crippen LogP contribution < -0.4 is 15.4 Å². The molecule has 32 heavy (non-hydrogen) atoms. The van der Waals surface area contributed by atoms with Gasteiger partial charge in [-0.2, -0.15) is 13.2 Å². The molecule has 0 saturated heterocycles. The van der Waals surface area contributed by atoms with E-state index in [1.807, 2.05) is 37.3 Å². The van der Waals surface area contributed by atoms with Crippen LogP contribution in [0, 0.1) is 0 Å². The third-order valence-electron chi connectivity index (χ3n) is 4.07. The number of guanidine groups is 1. The standard InChI is InChI=1S/C22H23F3N4O2.HI/c1-2-26-21(27-12-16-7-6-10-19(11-16)31-15-22(23,24)25)28-13-18-14-30-20(29-18)17-8-4-3-5-9-17;/h3-11,14H,2,12-13,15H2,1H3,(H2,26,27,28);1H. The first-order chi connectivity index (χ1) is 14.9. The molecule has 2 N–H and O–H groups in total. The monoisotopic (exact) mass is 560 g/mol. The highest BCUT2D eigenvalue weighted by Gasteiger charge is 2.28. The van der Waals surface area contributed by atoms with E-state index in [4.69, 9.17) is 9.15 Å². The van der Waals surface area contributed by atoms with E-state index in [1.54, 1.807) is 24.5 Å². The molecule has 1 heterocycles. The van der Waals surface area contributed by atoms with Gasteiger partial charge in [-0.25, -0.2) is 9.98 Å². The second-order valence-electron chi connectivity index (χ2n) is 6.61. The van der Waals surface area contributed by atoms with E-state index in [2.05, 4.69) is 20.6 Å². The van der Waals surface area contributed by atoms with Crippen molar-refractivity contribution in [3.8, 4) is 17.2 Å². The fraction of sp³-hybridized carbons (Fsp3) is 0.273. The zero-order chi connectivity index (χ0) is 22.1. The van der Waals surface area contributed by atoms with Gasteiger partial charge in [-0.3, -0.25) is 0 Å². The van der Waals surface area contributed by atoms with Crippen LogP contribution in [0.1, 0.15) is 18.2 Å². The number of rotatable bonds is 8. The average Bonchev–Trinajstić information content (AvgIpc) is 3.24. The van der Waals surface area contributed by atoms with Crippen LogP contribution in [0.2, 0.25) is 0 Å². The third-order valence-corrected chi connectivity index (χ3v) is 4.07. The Morgan fingerprint density at radius 3 is 2.59 bits per heavy atom. The zero-order valence-electron chi connectivity index (χ0n) is 17.4. The molecule has 0 fully saturated rings. The summed E-state index contributed by atoms with van der Waals surface area (Å²) < 4.78 is 47.3. The van der Waals surface area contributed by atoms with Gasteiger partial charge >= 0.3 is 6.18 Å². The maximum atomic E-state index is 12.3. The van der Waals surface area contributed by atoms with Gasteiger partial charge in [-0.15, -0.1) is 24.0 Å². The third kappa shape index (κ3) is 8.40. The number of hydrogen-bond donors (Lipinski definition) is 2. The van der Waals surface area contributed by atoms with Crippen molar-refractivity contribution in [2.75, 3.05) is 13.2 Å². The summed E-state index contributed by atoms with van der Waals surface area (Å²) in [4.78, 5) is 8.93. The normalized spacial score (nSPS) is 11.6. The van der Waals surface area contributed by atoms with Crippen LogP contribution in [0.4, 0.5) is 13.2 Å². The molecule has 6 nitrogen and oxygen atoms in total. The molecule has 0 saturated carbocycles. The molecule has 172 valence electrons. The highest BCUT2D eigenvalue weighted by atomic mass is 127. The fourth-order valence-corrected chi connectivity index (χ4v) is 2.69. The number of benzene rings is 2. The van der Waals surface area contributed by atoms with Crippen molar-refractivity contribution < 1.29 is 22.3 Å². The van der Waals surface area contributed by atoms with E-state index in [9.17, 15) is 13.2 Å². The molecule has 0 spiro atoms. The highest BCUT2D eigenvalue weighted by Crippen LogP contribution is 2.20. The first-order valence-corrected chi connectivity index (χ1v) is 9.73. The number of oxazole rings is 1. The van der Waals surface area contributed by atoms with Gasteiger partial charge in [0.1, 0.15) is 12.0 Å². The first kappa shape index (κ1) is 25.5. The second-order valence-corrected chi connectivity index (χ2v) is 6.61. The quantitative estimate of drug-likeness (QED) is 0.227. The molecule has 0 unspecified atom stereocenters. The summed E-state index contributed by atoms with van der Waals surface area (Å²) in [6, 6.07) is 16.0. The largest absolute Gasteiger partial charge is 0.484 e. The van der Waals surface area contributed by atoms with E-state index < -0.39 is 12.8 Å². The summed E-state index contributed by atoms with van der Waals surface area (Å²) in [5, 5.41) is 6.29. The minimum Gasteiger partial charge on any atom is -0.484 e. The molecule has 10 heteroatoms. The summed E-state index contributed by atoms with van der Waals surface area (Å²) in [7, 11) is 0. The number of aromatic nitrogens is 1. The lowest BCUT2D eigenvalue weighted by molar-refractivity contribution is -0.153. The number of ether oxygens (including phenoxy) is 1. The predicted molar refractivity (Wildman–Crippen MR) is 127 cm³/mol. The zero-order valence-corrected chi connectivity index (χ0v) is 19.7. The van der Waals surface area contributed by atoms with Gasteiger partial charge in [0, 0.05) is 12.1 Å². The highest BCUT2D eigenvalue weighted by molar-refractivity contribution is 14.0. The van der Waals surface area contributed by atoms with Gasteiger partial charge in [0.15, 0.2) is 12.6 Å². The van der Waals surface area contributed by atoms with E-state index in [0.29, 0.717) is 30.6 Å². The fourth-order valence-electron chi connectivity index (χ4n) is 2.69. The van der Waals surface area contributed by atoms with Crippen molar-refractivity contribution in [3.05, 3.63) is 72.1 Å². The number of nitrogens with one attached hydrogen (secondary N) is 2. The molecular formula is C22H24F3IN4O2. The Kier molecular flexibility index (Phi) is 9.82. The van der Waals surface area contributed by atoms with Crippen molar-refractivity contribution in [2.24, 2.45) is 4.99 Å². The molecule has 1 aromatic heterocycles. The number of alkyl halides is 3. The molecule has 0 radical (unpaired) electrons. The number of nitrogens with zero attached hydrogens (tertiary/aromatic N) is 2. The maximum absolute atomic E-state index is 12.3. The van der Waals surface area contributed by atoms with Gasteiger partial charge < -0.3 is 19.8 Å². The number of aliphatic imine (C=N–C) groups is 1.